The van der Waals surface area contributed by atoms with Gasteiger partial charge in [0.05, 0.1) is 18.1 Å². The van der Waals surface area contributed by atoms with Crippen molar-refractivity contribution in [2.75, 3.05) is 13.7 Å². The summed E-state index contributed by atoms with van der Waals surface area (Å²) in [5.41, 5.74) is 1.01. The minimum Gasteiger partial charge on any atom is -0.461 e. The third kappa shape index (κ3) is 7.67. The largest absolute Gasteiger partial charge is 0.461 e. The van der Waals surface area contributed by atoms with Gasteiger partial charge in [0.25, 0.3) is 0 Å². The summed E-state index contributed by atoms with van der Waals surface area (Å²) in [6, 6.07) is 8.41. The van der Waals surface area contributed by atoms with Gasteiger partial charge in [-0.1, -0.05) is 45.6 Å². The Morgan fingerprint density at radius 1 is 1.14 bits per heavy atom. The number of esters is 1. The molecule has 0 radical (unpaired) electrons. The van der Waals surface area contributed by atoms with Crippen molar-refractivity contribution in [2.45, 2.75) is 45.7 Å². The predicted octanol–water partition coefficient (Wildman–Crippen LogP) is 2.72. The Morgan fingerprint density at radius 3 is 2.36 bits per heavy atom. The number of amides is 2. The summed E-state index contributed by atoms with van der Waals surface area (Å²) in [5.74, 6) is -1.74. The fraction of sp³-hybridized carbons (Fsp3) is 0.370. The molecule has 36 heavy (non-hydrogen) atoms. The second-order valence-corrected chi connectivity index (χ2v) is 9.37. The van der Waals surface area contributed by atoms with Gasteiger partial charge < -0.3 is 19.9 Å². The van der Waals surface area contributed by atoms with Gasteiger partial charge in [-0.3, -0.25) is 19.2 Å². The number of aromatic nitrogens is 1. The van der Waals surface area contributed by atoms with Gasteiger partial charge >= 0.3 is 5.97 Å². The summed E-state index contributed by atoms with van der Waals surface area (Å²) in [5, 5.41) is 14.2. The highest BCUT2D eigenvalue weighted by molar-refractivity contribution is 5.97. The number of Topliss-reactive ketones (excluding diaryl/α,β-unsaturated/α-hetero) is 1. The molecule has 190 valence electrons. The highest BCUT2D eigenvalue weighted by atomic mass is 16.5. The number of ether oxygens (including phenoxy) is 1. The van der Waals surface area contributed by atoms with Crippen LogP contribution in [0, 0.1) is 16.7 Å². The number of carbonyl (C=O) groups is 4. The van der Waals surface area contributed by atoms with Crippen molar-refractivity contribution >= 4 is 23.6 Å². The van der Waals surface area contributed by atoms with Crippen LogP contribution in [0.3, 0.4) is 0 Å². The van der Waals surface area contributed by atoms with E-state index in [9.17, 15) is 19.2 Å². The number of likely N-dealkylation sites (N-methyl/N-ethyl adjacent to an activating group) is 1. The molecule has 1 aromatic heterocycles. The van der Waals surface area contributed by atoms with E-state index in [0.29, 0.717) is 11.1 Å². The van der Waals surface area contributed by atoms with E-state index in [1.807, 2.05) is 26.8 Å². The molecule has 2 atom stereocenters. The van der Waals surface area contributed by atoms with Crippen molar-refractivity contribution in [3.05, 3.63) is 72.1 Å². The van der Waals surface area contributed by atoms with Gasteiger partial charge in [-0.25, -0.2) is 0 Å². The van der Waals surface area contributed by atoms with Gasteiger partial charge in [0, 0.05) is 31.4 Å². The average molecular weight is 493 g/mol. The highest BCUT2D eigenvalue weighted by Gasteiger charge is 2.35. The SMILES string of the molecule is C=CCOC(=O)C[C@H](C(=O)N[C@H](C(=O)NC)C(C)(C)C)n1ccc(C(=O)Cc2ccc(C#N)cc2)c1. The quantitative estimate of drug-likeness (QED) is 0.282. The molecule has 9 nitrogen and oxygen atoms in total. The molecular formula is C27H32N4O5. The number of rotatable bonds is 11. The molecule has 2 N–H and O–H groups in total. The maximum Gasteiger partial charge on any atom is 0.308 e. The number of benzene rings is 1. The first-order chi connectivity index (χ1) is 17.0. The van der Waals surface area contributed by atoms with E-state index in [1.54, 1.807) is 36.5 Å². The molecule has 0 aliphatic heterocycles. The van der Waals surface area contributed by atoms with E-state index in [4.69, 9.17) is 10.00 Å². The van der Waals surface area contributed by atoms with Gasteiger partial charge in [-0.15, -0.1) is 0 Å². The van der Waals surface area contributed by atoms with Gasteiger partial charge in [-0.2, -0.15) is 5.26 Å². The normalized spacial score (nSPS) is 12.5. The Balaban J connectivity index is 2.28. The van der Waals surface area contributed by atoms with Crippen LogP contribution in [0.2, 0.25) is 0 Å². The van der Waals surface area contributed by atoms with Gasteiger partial charge in [0.1, 0.15) is 18.7 Å². The number of nitrogens with one attached hydrogen (secondary N) is 2. The van der Waals surface area contributed by atoms with Crippen molar-refractivity contribution in [3.63, 3.8) is 0 Å². The molecule has 2 rings (SSSR count). The van der Waals surface area contributed by atoms with Crippen molar-refractivity contribution in [1.82, 2.24) is 15.2 Å². The summed E-state index contributed by atoms with van der Waals surface area (Å²) in [4.78, 5) is 50.9. The molecule has 0 spiro atoms. The van der Waals surface area contributed by atoms with Crippen LogP contribution in [0.15, 0.2) is 55.4 Å². The van der Waals surface area contributed by atoms with E-state index in [2.05, 4.69) is 17.2 Å². The molecule has 0 bridgehead atoms. The van der Waals surface area contributed by atoms with Gasteiger partial charge in [-0.05, 0) is 29.2 Å². The molecule has 0 saturated heterocycles. The minimum atomic E-state index is -1.05. The number of carbonyl (C=O) groups excluding carboxylic acids is 4. The van der Waals surface area contributed by atoms with Crippen LogP contribution >= 0.6 is 0 Å². The molecule has 2 amide bonds. The Bertz CT molecular complexity index is 1150. The van der Waals surface area contributed by atoms with Crippen molar-refractivity contribution < 1.29 is 23.9 Å². The van der Waals surface area contributed by atoms with Gasteiger partial charge in [0.2, 0.25) is 11.8 Å². The summed E-state index contributed by atoms with van der Waals surface area (Å²) in [7, 11) is 1.48. The molecule has 2 aromatic rings. The molecule has 1 heterocycles. The standard InChI is InChI=1S/C27H32N4O5/c1-6-13-36-23(33)15-21(25(34)30-24(26(35)29-5)27(2,3)4)31-12-11-20(17-31)22(32)14-18-7-9-19(16-28)10-8-18/h6-12,17,21,24H,1,13-15H2,2-5H3,(H,29,35)(H,30,34)/t21-,24-/m1/s1. The Labute approximate surface area is 211 Å². The lowest BCUT2D eigenvalue weighted by Crippen LogP contribution is -2.54. The third-order valence-corrected chi connectivity index (χ3v) is 5.53. The van der Waals surface area contributed by atoms with Crippen LogP contribution in [0.1, 0.15) is 54.7 Å². The smallest absolute Gasteiger partial charge is 0.308 e. The molecule has 0 fully saturated rings. The Morgan fingerprint density at radius 2 is 1.81 bits per heavy atom. The molecule has 0 saturated carbocycles. The summed E-state index contributed by atoms with van der Waals surface area (Å²) in [6.45, 7) is 8.95. The predicted molar refractivity (Wildman–Crippen MR) is 134 cm³/mol. The number of hydrogen-bond acceptors (Lipinski definition) is 6. The van der Waals surface area contributed by atoms with Crippen LogP contribution in [-0.4, -0.2) is 47.8 Å². The van der Waals surface area contributed by atoms with Crippen molar-refractivity contribution in [3.8, 4) is 6.07 Å². The van der Waals surface area contributed by atoms with Crippen LogP contribution in [0.5, 0.6) is 0 Å². The summed E-state index contributed by atoms with van der Waals surface area (Å²) >= 11 is 0. The van der Waals surface area contributed by atoms with Crippen LogP contribution in [-0.2, 0) is 25.5 Å². The number of nitrogens with zero attached hydrogens (tertiary/aromatic N) is 2. The van der Waals surface area contributed by atoms with E-state index >= 15 is 0 Å². The summed E-state index contributed by atoms with van der Waals surface area (Å²) in [6.07, 6.45) is 4.27. The zero-order chi connectivity index (χ0) is 26.9. The molecule has 0 aliphatic carbocycles. The van der Waals surface area contributed by atoms with E-state index in [-0.39, 0.29) is 31.1 Å². The topological polar surface area (TPSA) is 130 Å². The number of nitriles is 1. The highest BCUT2D eigenvalue weighted by Crippen LogP contribution is 2.22. The third-order valence-electron chi connectivity index (χ3n) is 5.53. The second-order valence-electron chi connectivity index (χ2n) is 9.37. The fourth-order valence-corrected chi connectivity index (χ4v) is 3.52. The Hall–Kier alpha value is -4.19. The second kappa shape index (κ2) is 12.5. The lowest BCUT2D eigenvalue weighted by molar-refractivity contribution is -0.145. The van der Waals surface area contributed by atoms with E-state index in [1.165, 1.54) is 23.9 Å². The van der Waals surface area contributed by atoms with Gasteiger partial charge in [0.15, 0.2) is 5.78 Å². The number of hydrogen-bond donors (Lipinski definition) is 2. The maximum atomic E-state index is 13.3. The lowest BCUT2D eigenvalue weighted by atomic mass is 9.86. The maximum absolute atomic E-state index is 13.3. The van der Waals surface area contributed by atoms with Crippen molar-refractivity contribution in [1.29, 1.82) is 5.26 Å². The van der Waals surface area contributed by atoms with Crippen LogP contribution in [0.25, 0.3) is 0 Å². The average Bonchev–Trinajstić information content (AvgIpc) is 3.33. The molecule has 0 unspecified atom stereocenters. The molecule has 1 aromatic carbocycles. The van der Waals surface area contributed by atoms with Crippen LogP contribution < -0.4 is 10.6 Å². The zero-order valence-corrected chi connectivity index (χ0v) is 21.0. The first-order valence-electron chi connectivity index (χ1n) is 11.5. The zero-order valence-electron chi connectivity index (χ0n) is 21.0. The monoisotopic (exact) mass is 492 g/mol. The van der Waals surface area contributed by atoms with Crippen LogP contribution in [0.4, 0.5) is 0 Å². The van der Waals surface area contributed by atoms with E-state index in [0.717, 1.165) is 5.56 Å². The first kappa shape index (κ1) is 28.1. The first-order valence-corrected chi connectivity index (χ1v) is 11.5. The molecule has 0 aliphatic rings. The minimum absolute atomic E-state index is 0.00393. The molecule has 9 heteroatoms. The Kier molecular flexibility index (Phi) is 9.74. The fourth-order valence-electron chi connectivity index (χ4n) is 3.52. The number of ketones is 1. The molecular weight excluding hydrogens is 460 g/mol. The summed E-state index contributed by atoms with van der Waals surface area (Å²) < 4.78 is 6.54. The van der Waals surface area contributed by atoms with Crippen molar-refractivity contribution in [2.24, 2.45) is 5.41 Å². The van der Waals surface area contributed by atoms with E-state index < -0.39 is 29.4 Å². The lowest BCUT2D eigenvalue weighted by Gasteiger charge is -2.31.